The maximum Gasteiger partial charge on any atom is 0.243 e. The van der Waals surface area contributed by atoms with E-state index in [9.17, 15) is 4.79 Å². The third kappa shape index (κ3) is 5.65. The Bertz CT molecular complexity index is 809. The van der Waals surface area contributed by atoms with Crippen LogP contribution in [-0.4, -0.2) is 29.1 Å². The van der Waals surface area contributed by atoms with Crippen molar-refractivity contribution in [3.05, 3.63) is 65.9 Å². The van der Waals surface area contributed by atoms with Crippen molar-refractivity contribution >= 4 is 17.2 Å². The van der Waals surface area contributed by atoms with Gasteiger partial charge in [-0.25, -0.2) is 10.5 Å². The average molecular weight is 369 g/mol. The molecule has 3 rings (SSSR count). The van der Waals surface area contributed by atoms with Crippen LogP contribution in [0, 0.1) is 0 Å². The van der Waals surface area contributed by atoms with E-state index in [4.69, 9.17) is 9.57 Å². The average Bonchev–Trinajstić information content (AvgIpc) is 3.17. The van der Waals surface area contributed by atoms with Gasteiger partial charge in [0.2, 0.25) is 5.91 Å². The zero-order chi connectivity index (χ0) is 18.0. The van der Waals surface area contributed by atoms with E-state index in [2.05, 4.69) is 15.4 Å². The second-order valence-electron chi connectivity index (χ2n) is 5.42. The Hall–Kier alpha value is -2.77. The monoisotopic (exact) mass is 369 g/mol. The molecule has 0 saturated carbocycles. The molecular formula is C19H19N3O3S. The molecule has 1 amide bonds. The Labute approximate surface area is 155 Å². The molecule has 1 N–H and O–H groups in total. The number of hydroxylamine groups is 1. The summed E-state index contributed by atoms with van der Waals surface area (Å²) in [4.78, 5) is 25.5. The topological polar surface area (TPSA) is 73.3 Å². The van der Waals surface area contributed by atoms with E-state index in [-0.39, 0.29) is 12.5 Å². The molecule has 2 heterocycles. The number of para-hydroxylation sites is 1. The Kier molecular flexibility index (Phi) is 6.69. The molecule has 0 atom stereocenters. The minimum atomic E-state index is -0.178. The van der Waals surface area contributed by atoms with E-state index in [0.717, 1.165) is 22.0 Å². The summed E-state index contributed by atoms with van der Waals surface area (Å²) in [5, 5.41) is 2.90. The number of benzene rings is 1. The molecule has 0 aliphatic rings. The van der Waals surface area contributed by atoms with Gasteiger partial charge in [0.25, 0.3) is 0 Å². The van der Waals surface area contributed by atoms with Gasteiger partial charge in [-0.15, -0.1) is 11.3 Å². The zero-order valence-corrected chi connectivity index (χ0v) is 14.9. The number of ether oxygens (including phenoxy) is 1. The van der Waals surface area contributed by atoms with Crippen molar-refractivity contribution in [2.75, 3.05) is 13.2 Å². The zero-order valence-electron chi connectivity index (χ0n) is 14.1. The summed E-state index contributed by atoms with van der Waals surface area (Å²) in [6.45, 7) is 0.648. The van der Waals surface area contributed by atoms with Crippen molar-refractivity contribution in [3.8, 4) is 16.3 Å². The third-order valence-corrected chi connectivity index (χ3v) is 4.41. The third-order valence-electron chi connectivity index (χ3n) is 3.47. The first-order valence-corrected chi connectivity index (χ1v) is 9.12. The number of hydrogen-bond donors (Lipinski definition) is 1. The fourth-order valence-corrected chi connectivity index (χ4v) is 3.05. The van der Waals surface area contributed by atoms with Crippen LogP contribution in [0.1, 0.15) is 12.1 Å². The summed E-state index contributed by atoms with van der Waals surface area (Å²) in [7, 11) is 0. The summed E-state index contributed by atoms with van der Waals surface area (Å²) in [5.74, 6) is 0.596. The van der Waals surface area contributed by atoms with Gasteiger partial charge in [-0.05, 0) is 30.7 Å². The van der Waals surface area contributed by atoms with Gasteiger partial charge < -0.3 is 4.74 Å². The number of rotatable bonds is 9. The summed E-state index contributed by atoms with van der Waals surface area (Å²) in [6.07, 6.45) is 4.36. The maximum absolute atomic E-state index is 11.8. The van der Waals surface area contributed by atoms with Gasteiger partial charge in [0.15, 0.2) is 0 Å². The highest BCUT2D eigenvalue weighted by atomic mass is 32.1. The van der Waals surface area contributed by atoms with Gasteiger partial charge >= 0.3 is 0 Å². The number of aromatic nitrogens is 2. The number of nitrogens with zero attached hydrogens (tertiary/aromatic N) is 2. The van der Waals surface area contributed by atoms with Crippen LogP contribution < -0.4 is 10.2 Å². The first-order valence-electron chi connectivity index (χ1n) is 8.24. The Morgan fingerprint density at radius 2 is 1.88 bits per heavy atom. The highest BCUT2D eigenvalue weighted by molar-refractivity contribution is 7.13. The molecule has 0 spiro atoms. The SMILES string of the molecule is O=C(CCc1csc(-c2ccncc2)n1)NOCCOc1ccccc1. The smallest absolute Gasteiger partial charge is 0.243 e. The lowest BCUT2D eigenvalue weighted by molar-refractivity contribution is -0.134. The Morgan fingerprint density at radius 3 is 2.69 bits per heavy atom. The van der Waals surface area contributed by atoms with Crippen molar-refractivity contribution in [2.45, 2.75) is 12.8 Å². The van der Waals surface area contributed by atoms with Crippen LogP contribution in [-0.2, 0) is 16.1 Å². The fraction of sp³-hybridized carbons (Fsp3) is 0.211. The van der Waals surface area contributed by atoms with Crippen LogP contribution in [0.5, 0.6) is 5.75 Å². The number of hydrogen-bond acceptors (Lipinski definition) is 6. The predicted octanol–water partition coefficient (Wildman–Crippen LogP) is 3.26. The number of amides is 1. The van der Waals surface area contributed by atoms with E-state index in [1.165, 1.54) is 0 Å². The summed E-state index contributed by atoms with van der Waals surface area (Å²) < 4.78 is 5.47. The molecular weight excluding hydrogens is 350 g/mol. The number of carbonyl (C=O) groups excluding carboxylic acids is 1. The normalized spacial score (nSPS) is 10.5. The number of pyridine rings is 1. The summed E-state index contributed by atoms with van der Waals surface area (Å²) in [6, 6.07) is 13.3. The van der Waals surface area contributed by atoms with Crippen LogP contribution in [0.25, 0.3) is 10.6 Å². The van der Waals surface area contributed by atoms with Gasteiger partial charge in [-0.2, -0.15) is 0 Å². The van der Waals surface area contributed by atoms with Crippen LogP contribution in [0.15, 0.2) is 60.2 Å². The van der Waals surface area contributed by atoms with E-state index in [0.29, 0.717) is 19.4 Å². The Balaban J connectivity index is 1.32. The molecule has 6 nitrogen and oxygen atoms in total. The largest absolute Gasteiger partial charge is 0.491 e. The second kappa shape index (κ2) is 9.65. The van der Waals surface area contributed by atoms with Gasteiger partial charge in [-0.1, -0.05) is 18.2 Å². The predicted molar refractivity (Wildman–Crippen MR) is 99.7 cm³/mol. The van der Waals surface area contributed by atoms with Gasteiger partial charge in [0.1, 0.15) is 24.0 Å². The lowest BCUT2D eigenvalue weighted by Crippen LogP contribution is -2.26. The minimum absolute atomic E-state index is 0.178. The molecule has 0 aliphatic heterocycles. The molecule has 0 fully saturated rings. The molecule has 26 heavy (non-hydrogen) atoms. The van der Waals surface area contributed by atoms with E-state index in [1.807, 2.05) is 47.8 Å². The molecule has 1 aromatic carbocycles. The lowest BCUT2D eigenvalue weighted by atomic mass is 10.2. The first kappa shape index (κ1) is 18.0. The highest BCUT2D eigenvalue weighted by Crippen LogP contribution is 2.23. The highest BCUT2D eigenvalue weighted by Gasteiger charge is 2.07. The van der Waals surface area contributed by atoms with E-state index in [1.54, 1.807) is 23.7 Å². The number of thiazole rings is 1. The first-order chi connectivity index (χ1) is 12.8. The molecule has 0 bridgehead atoms. The molecule has 2 aromatic heterocycles. The minimum Gasteiger partial charge on any atom is -0.491 e. The lowest BCUT2D eigenvalue weighted by Gasteiger charge is -2.07. The van der Waals surface area contributed by atoms with Gasteiger partial charge in [-0.3, -0.25) is 14.6 Å². The number of aryl methyl sites for hydroxylation is 1. The number of nitrogens with one attached hydrogen (secondary N) is 1. The molecule has 0 unspecified atom stereocenters. The van der Waals surface area contributed by atoms with Crippen molar-refractivity contribution in [2.24, 2.45) is 0 Å². The summed E-state index contributed by atoms with van der Waals surface area (Å²) >= 11 is 1.56. The summed E-state index contributed by atoms with van der Waals surface area (Å²) in [5.41, 5.74) is 4.35. The molecule has 0 saturated heterocycles. The molecule has 0 aliphatic carbocycles. The van der Waals surface area contributed by atoms with Gasteiger partial charge in [0, 0.05) is 29.8 Å². The van der Waals surface area contributed by atoms with E-state index < -0.39 is 0 Å². The van der Waals surface area contributed by atoms with Crippen molar-refractivity contribution in [1.29, 1.82) is 0 Å². The van der Waals surface area contributed by atoms with Crippen molar-refractivity contribution in [1.82, 2.24) is 15.4 Å². The fourth-order valence-electron chi connectivity index (χ4n) is 2.19. The Morgan fingerprint density at radius 1 is 1.08 bits per heavy atom. The van der Waals surface area contributed by atoms with Crippen LogP contribution in [0.3, 0.4) is 0 Å². The molecule has 134 valence electrons. The van der Waals surface area contributed by atoms with Crippen LogP contribution in [0.2, 0.25) is 0 Å². The van der Waals surface area contributed by atoms with Crippen molar-refractivity contribution < 1.29 is 14.4 Å². The standard InChI is InChI=1S/C19H19N3O3S/c23-18(22-25-13-12-24-17-4-2-1-3-5-17)7-6-16-14-26-19(21-16)15-8-10-20-11-9-15/h1-5,8-11,14H,6-7,12-13H2,(H,22,23). The molecule has 0 radical (unpaired) electrons. The number of carbonyl (C=O) groups is 1. The quantitative estimate of drug-likeness (QED) is 0.463. The van der Waals surface area contributed by atoms with E-state index >= 15 is 0 Å². The molecule has 3 aromatic rings. The van der Waals surface area contributed by atoms with Gasteiger partial charge in [0.05, 0.1) is 5.69 Å². The second-order valence-corrected chi connectivity index (χ2v) is 6.27. The van der Waals surface area contributed by atoms with Crippen LogP contribution in [0.4, 0.5) is 0 Å². The molecule has 7 heteroatoms. The van der Waals surface area contributed by atoms with Crippen molar-refractivity contribution in [3.63, 3.8) is 0 Å². The van der Waals surface area contributed by atoms with Crippen LogP contribution >= 0.6 is 11.3 Å². The maximum atomic E-state index is 11.8.